The van der Waals surface area contributed by atoms with Gasteiger partial charge in [-0.25, -0.2) is 9.78 Å². The van der Waals surface area contributed by atoms with E-state index in [1.54, 1.807) is 6.92 Å². The maximum absolute atomic E-state index is 11.4. The molecule has 0 unspecified atom stereocenters. The van der Waals surface area contributed by atoms with E-state index in [9.17, 15) is 20.0 Å². The van der Waals surface area contributed by atoms with Gasteiger partial charge in [-0.3, -0.25) is 10.1 Å². The van der Waals surface area contributed by atoms with Crippen molar-refractivity contribution in [1.29, 1.82) is 0 Å². The number of H-pyrrole nitrogens is 1. The number of aromatic nitrogens is 2. The van der Waals surface area contributed by atoms with E-state index in [2.05, 4.69) is 9.97 Å². The summed E-state index contributed by atoms with van der Waals surface area (Å²) < 4.78 is 11.1. The van der Waals surface area contributed by atoms with Crippen molar-refractivity contribution in [3.63, 3.8) is 0 Å². The molecule has 2 heterocycles. The minimum Gasteiger partial charge on any atom is -0.493 e. The second-order valence-electron chi connectivity index (χ2n) is 8.57. The Balaban J connectivity index is 1.43. The van der Waals surface area contributed by atoms with Crippen molar-refractivity contribution in [2.24, 2.45) is 0 Å². The van der Waals surface area contributed by atoms with Crippen LogP contribution in [0.25, 0.3) is 32.9 Å². The monoisotopic (exact) mass is 497 g/mol. The maximum atomic E-state index is 11.4. The Hall–Kier alpha value is -4.92. The molecule has 9 heteroatoms. The standard InChI is InChI=1S/C28H23N3O6/c1-17-15-19(31(34)35)16-29-25(17)23-11-5-10-21-22(27(30-26(21)23)37-28(32)33)12-6-14-36-24-13-4-8-18-7-2-3-9-20(18)24/h2-5,7-11,13,15-16,30H,6,12,14H2,1H3,(H,32,33). The van der Waals surface area contributed by atoms with Gasteiger partial charge in [0.25, 0.3) is 5.69 Å². The van der Waals surface area contributed by atoms with E-state index >= 15 is 0 Å². The summed E-state index contributed by atoms with van der Waals surface area (Å²) in [4.78, 5) is 29.4. The summed E-state index contributed by atoms with van der Waals surface area (Å²) in [5.74, 6) is 0.931. The molecule has 0 amide bonds. The lowest BCUT2D eigenvalue weighted by Gasteiger charge is -2.10. The SMILES string of the molecule is Cc1cc([N+](=O)[O-])cnc1-c1cccc2c(CCCOc3cccc4ccccc34)c(OC(=O)O)[nH]c12. The minimum atomic E-state index is -1.42. The molecular weight excluding hydrogens is 474 g/mol. The van der Waals surface area contributed by atoms with Gasteiger partial charge in [-0.15, -0.1) is 0 Å². The zero-order valence-corrected chi connectivity index (χ0v) is 19.9. The molecule has 0 saturated heterocycles. The molecule has 0 aliphatic heterocycles. The molecule has 2 N–H and O–H groups in total. The molecule has 186 valence electrons. The van der Waals surface area contributed by atoms with Gasteiger partial charge < -0.3 is 19.6 Å². The van der Waals surface area contributed by atoms with Crippen molar-refractivity contribution in [3.05, 3.63) is 94.2 Å². The van der Waals surface area contributed by atoms with Crippen LogP contribution in [0, 0.1) is 17.0 Å². The fourth-order valence-electron chi connectivity index (χ4n) is 4.56. The van der Waals surface area contributed by atoms with Crippen LogP contribution in [-0.2, 0) is 6.42 Å². The first kappa shape index (κ1) is 23.8. The molecule has 2 aromatic heterocycles. The molecule has 0 atom stereocenters. The van der Waals surface area contributed by atoms with E-state index in [1.165, 1.54) is 12.3 Å². The Morgan fingerprint density at radius 3 is 2.62 bits per heavy atom. The van der Waals surface area contributed by atoms with Gasteiger partial charge in [0.1, 0.15) is 11.9 Å². The molecule has 0 spiro atoms. The third-order valence-electron chi connectivity index (χ3n) is 6.20. The average molecular weight is 498 g/mol. The van der Waals surface area contributed by atoms with Crippen LogP contribution in [0.4, 0.5) is 10.5 Å². The highest BCUT2D eigenvalue weighted by Gasteiger charge is 2.20. The summed E-state index contributed by atoms with van der Waals surface area (Å²) in [6.45, 7) is 2.17. The molecule has 37 heavy (non-hydrogen) atoms. The van der Waals surface area contributed by atoms with Gasteiger partial charge in [-0.05, 0) is 36.8 Å². The molecule has 9 nitrogen and oxygen atoms in total. The van der Waals surface area contributed by atoms with Crippen LogP contribution in [0.15, 0.2) is 72.9 Å². The highest BCUT2D eigenvalue weighted by molar-refractivity contribution is 5.98. The van der Waals surface area contributed by atoms with E-state index in [4.69, 9.17) is 9.47 Å². The number of rotatable bonds is 8. The van der Waals surface area contributed by atoms with Crippen molar-refractivity contribution >= 4 is 33.5 Å². The normalized spacial score (nSPS) is 11.1. The van der Waals surface area contributed by atoms with Crippen LogP contribution in [0.1, 0.15) is 17.5 Å². The Bertz CT molecular complexity index is 1640. The first-order chi connectivity index (χ1) is 17.9. The number of hydrogen-bond acceptors (Lipinski definition) is 6. The second kappa shape index (κ2) is 9.98. The van der Waals surface area contributed by atoms with Crippen LogP contribution < -0.4 is 9.47 Å². The number of carboxylic acid groups (broad SMARTS) is 1. The first-order valence-electron chi connectivity index (χ1n) is 11.7. The number of fused-ring (bicyclic) bond motifs is 2. The summed E-state index contributed by atoms with van der Waals surface area (Å²) in [7, 11) is 0. The Kier molecular flexibility index (Phi) is 6.42. The van der Waals surface area contributed by atoms with E-state index in [0.29, 0.717) is 47.3 Å². The number of aromatic amines is 1. The summed E-state index contributed by atoms with van der Waals surface area (Å²) in [6.07, 6.45) is 0.907. The fourth-order valence-corrected chi connectivity index (χ4v) is 4.56. The number of para-hydroxylation sites is 1. The Morgan fingerprint density at radius 2 is 1.84 bits per heavy atom. The summed E-state index contributed by atoms with van der Waals surface area (Å²) in [5, 5.41) is 23.3. The quantitative estimate of drug-likeness (QED) is 0.106. The summed E-state index contributed by atoms with van der Waals surface area (Å²) in [6, 6.07) is 20.9. The molecule has 5 aromatic rings. The van der Waals surface area contributed by atoms with Crippen LogP contribution in [-0.4, -0.2) is 32.8 Å². The van der Waals surface area contributed by atoms with Crippen LogP contribution in [0.2, 0.25) is 0 Å². The van der Waals surface area contributed by atoms with Crippen molar-refractivity contribution in [2.75, 3.05) is 6.61 Å². The zero-order chi connectivity index (χ0) is 25.9. The molecule has 0 aliphatic carbocycles. The lowest BCUT2D eigenvalue weighted by molar-refractivity contribution is -0.385. The van der Waals surface area contributed by atoms with Crippen LogP contribution in [0.3, 0.4) is 0 Å². The number of hydrogen-bond donors (Lipinski definition) is 2. The number of aryl methyl sites for hydroxylation is 2. The number of carbonyl (C=O) groups is 1. The maximum Gasteiger partial charge on any atom is 0.512 e. The number of nitro groups is 1. The predicted octanol–water partition coefficient (Wildman–Crippen LogP) is 6.67. The van der Waals surface area contributed by atoms with Gasteiger partial charge >= 0.3 is 6.16 Å². The first-order valence-corrected chi connectivity index (χ1v) is 11.7. The molecule has 5 rings (SSSR count). The topological polar surface area (TPSA) is 128 Å². The second-order valence-corrected chi connectivity index (χ2v) is 8.57. The number of pyridine rings is 1. The molecule has 0 bridgehead atoms. The Labute approximate surface area is 211 Å². The van der Waals surface area contributed by atoms with Gasteiger partial charge in [-0.1, -0.05) is 54.6 Å². The molecule has 0 saturated carbocycles. The number of ether oxygens (including phenoxy) is 2. The number of nitrogens with zero attached hydrogens (tertiary/aromatic N) is 2. The summed E-state index contributed by atoms with van der Waals surface area (Å²) in [5.41, 5.74) is 3.14. The van der Waals surface area contributed by atoms with E-state index in [0.717, 1.165) is 21.9 Å². The van der Waals surface area contributed by atoms with Gasteiger partial charge in [-0.2, -0.15) is 0 Å². The van der Waals surface area contributed by atoms with E-state index < -0.39 is 11.1 Å². The third-order valence-corrected chi connectivity index (χ3v) is 6.20. The minimum absolute atomic E-state index is 0.0957. The van der Waals surface area contributed by atoms with E-state index in [1.807, 2.05) is 60.7 Å². The smallest absolute Gasteiger partial charge is 0.493 e. The molecule has 0 aliphatic rings. The van der Waals surface area contributed by atoms with Crippen LogP contribution >= 0.6 is 0 Å². The largest absolute Gasteiger partial charge is 0.512 e. The zero-order valence-electron chi connectivity index (χ0n) is 19.9. The molecule has 0 radical (unpaired) electrons. The van der Waals surface area contributed by atoms with Gasteiger partial charge in [0, 0.05) is 28.0 Å². The lowest BCUT2D eigenvalue weighted by Crippen LogP contribution is -2.06. The molecule has 0 fully saturated rings. The average Bonchev–Trinajstić information content (AvgIpc) is 3.23. The fraction of sp³-hybridized carbons (Fsp3) is 0.143. The summed E-state index contributed by atoms with van der Waals surface area (Å²) >= 11 is 0. The van der Waals surface area contributed by atoms with Crippen molar-refractivity contribution in [2.45, 2.75) is 19.8 Å². The number of benzene rings is 3. The Morgan fingerprint density at radius 1 is 1.08 bits per heavy atom. The highest BCUT2D eigenvalue weighted by atomic mass is 16.7. The van der Waals surface area contributed by atoms with Gasteiger partial charge in [0.05, 0.1) is 22.7 Å². The van der Waals surface area contributed by atoms with Crippen molar-refractivity contribution < 1.29 is 24.3 Å². The van der Waals surface area contributed by atoms with Gasteiger partial charge in [0.15, 0.2) is 0 Å². The highest BCUT2D eigenvalue weighted by Crippen LogP contribution is 2.36. The van der Waals surface area contributed by atoms with Crippen LogP contribution in [0.5, 0.6) is 11.6 Å². The molecule has 3 aromatic carbocycles. The molecular formula is C28H23N3O6. The van der Waals surface area contributed by atoms with Crippen molar-refractivity contribution in [3.8, 4) is 22.9 Å². The third kappa shape index (κ3) is 4.79. The number of nitrogens with one attached hydrogen (secondary N) is 1. The van der Waals surface area contributed by atoms with Gasteiger partial charge in [0.2, 0.25) is 5.88 Å². The predicted molar refractivity (Wildman–Crippen MR) is 139 cm³/mol. The van der Waals surface area contributed by atoms with E-state index in [-0.39, 0.29) is 11.6 Å². The lowest BCUT2D eigenvalue weighted by atomic mass is 10.0. The van der Waals surface area contributed by atoms with Crippen molar-refractivity contribution in [1.82, 2.24) is 9.97 Å².